The Morgan fingerprint density at radius 2 is 2.33 bits per heavy atom. The van der Waals surface area contributed by atoms with Crippen LogP contribution in [0.25, 0.3) is 0 Å². The molecule has 0 heterocycles. The predicted octanol–water partition coefficient (Wildman–Crippen LogP) is 2.89. The molecular formula is C11H20O. The van der Waals surface area contributed by atoms with E-state index in [1.165, 1.54) is 18.4 Å². The van der Waals surface area contributed by atoms with E-state index in [0.29, 0.717) is 0 Å². The van der Waals surface area contributed by atoms with Crippen LogP contribution in [0.3, 0.4) is 0 Å². The summed E-state index contributed by atoms with van der Waals surface area (Å²) in [4.78, 5) is 0. The van der Waals surface area contributed by atoms with Crippen molar-refractivity contribution < 1.29 is 5.11 Å². The first-order valence-corrected chi connectivity index (χ1v) is 5.07. The number of allylic oxidation sites excluding steroid dienone is 1. The third kappa shape index (κ3) is 2.98. The molecule has 0 aromatic rings. The van der Waals surface area contributed by atoms with E-state index in [-0.39, 0.29) is 6.10 Å². The smallest absolute Gasteiger partial charge is 0.0750 e. The molecule has 1 aliphatic rings. The summed E-state index contributed by atoms with van der Waals surface area (Å²) in [7, 11) is 0. The van der Waals surface area contributed by atoms with Crippen LogP contribution in [0.4, 0.5) is 0 Å². The number of hydrogen-bond acceptors (Lipinski definition) is 1. The van der Waals surface area contributed by atoms with Crippen molar-refractivity contribution in [1.29, 1.82) is 0 Å². The molecule has 1 aliphatic carbocycles. The van der Waals surface area contributed by atoms with Crippen LogP contribution in [0.1, 0.15) is 46.0 Å². The first kappa shape index (κ1) is 9.79. The van der Waals surface area contributed by atoms with Gasteiger partial charge in [-0.3, -0.25) is 0 Å². The van der Waals surface area contributed by atoms with Crippen molar-refractivity contribution >= 4 is 0 Å². The zero-order chi connectivity index (χ0) is 8.97. The van der Waals surface area contributed by atoms with Gasteiger partial charge in [0.05, 0.1) is 6.10 Å². The normalized spacial score (nSPS) is 24.3. The highest BCUT2D eigenvalue weighted by Crippen LogP contribution is 2.23. The van der Waals surface area contributed by atoms with Gasteiger partial charge in [0.15, 0.2) is 0 Å². The minimum atomic E-state index is -0.127. The van der Waals surface area contributed by atoms with Gasteiger partial charge >= 0.3 is 0 Å². The van der Waals surface area contributed by atoms with E-state index >= 15 is 0 Å². The summed E-state index contributed by atoms with van der Waals surface area (Å²) < 4.78 is 0. The van der Waals surface area contributed by atoms with Gasteiger partial charge in [-0.25, -0.2) is 0 Å². The molecule has 0 aromatic heterocycles. The van der Waals surface area contributed by atoms with Gasteiger partial charge in [0.25, 0.3) is 0 Å². The van der Waals surface area contributed by atoms with E-state index in [4.69, 9.17) is 0 Å². The molecule has 1 N–H and O–H groups in total. The van der Waals surface area contributed by atoms with Crippen LogP contribution in [0.15, 0.2) is 11.6 Å². The largest absolute Gasteiger partial charge is 0.389 e. The van der Waals surface area contributed by atoms with Gasteiger partial charge in [-0.2, -0.15) is 0 Å². The van der Waals surface area contributed by atoms with Crippen LogP contribution >= 0.6 is 0 Å². The van der Waals surface area contributed by atoms with Gasteiger partial charge in [0.2, 0.25) is 0 Å². The highest BCUT2D eigenvalue weighted by Gasteiger charge is 2.14. The van der Waals surface area contributed by atoms with Gasteiger partial charge in [-0.1, -0.05) is 19.9 Å². The van der Waals surface area contributed by atoms with Gasteiger partial charge in [-0.05, 0) is 43.6 Å². The maximum absolute atomic E-state index is 9.61. The zero-order valence-corrected chi connectivity index (χ0v) is 8.21. The van der Waals surface area contributed by atoms with Gasteiger partial charge in [-0.15, -0.1) is 0 Å². The van der Waals surface area contributed by atoms with E-state index < -0.39 is 0 Å². The minimum Gasteiger partial charge on any atom is -0.389 e. The lowest BCUT2D eigenvalue weighted by molar-refractivity contribution is 0.185. The summed E-state index contributed by atoms with van der Waals surface area (Å²) in [5.74, 6) is 0.750. The lowest BCUT2D eigenvalue weighted by atomic mass is 9.91. The van der Waals surface area contributed by atoms with Crippen molar-refractivity contribution in [3.05, 3.63) is 11.6 Å². The van der Waals surface area contributed by atoms with E-state index in [1.807, 2.05) is 0 Å². The fourth-order valence-electron chi connectivity index (χ4n) is 1.64. The van der Waals surface area contributed by atoms with Crippen molar-refractivity contribution in [1.82, 2.24) is 0 Å². The van der Waals surface area contributed by atoms with Crippen molar-refractivity contribution in [2.45, 2.75) is 52.1 Å². The Balaban J connectivity index is 2.34. The molecule has 1 atom stereocenters. The first-order valence-electron chi connectivity index (χ1n) is 5.07. The standard InChI is InChI=1S/C11H20O/c1-9(2)7-8-10-5-3-4-6-11(10)12/h5,9,11-12H,3-4,6-8H2,1-2H3. The Morgan fingerprint density at radius 3 is 2.92 bits per heavy atom. The molecule has 1 heteroatoms. The van der Waals surface area contributed by atoms with Crippen LogP contribution in [0, 0.1) is 5.92 Å². The van der Waals surface area contributed by atoms with Crippen LogP contribution < -0.4 is 0 Å². The second kappa shape index (κ2) is 4.66. The third-order valence-corrected chi connectivity index (χ3v) is 2.53. The Labute approximate surface area is 75.5 Å². The summed E-state index contributed by atoms with van der Waals surface area (Å²) >= 11 is 0. The van der Waals surface area contributed by atoms with Crippen molar-refractivity contribution in [2.24, 2.45) is 5.92 Å². The van der Waals surface area contributed by atoms with Crippen molar-refractivity contribution in [2.75, 3.05) is 0 Å². The minimum absolute atomic E-state index is 0.127. The average molecular weight is 168 g/mol. The highest BCUT2D eigenvalue weighted by molar-refractivity contribution is 5.10. The Hall–Kier alpha value is -0.300. The molecule has 0 spiro atoms. The van der Waals surface area contributed by atoms with E-state index in [9.17, 15) is 5.11 Å². The molecule has 0 radical (unpaired) electrons. The van der Waals surface area contributed by atoms with E-state index in [0.717, 1.165) is 25.2 Å². The molecule has 0 fully saturated rings. The molecule has 0 amide bonds. The topological polar surface area (TPSA) is 20.2 Å². The fraction of sp³-hybridized carbons (Fsp3) is 0.818. The molecular weight excluding hydrogens is 148 g/mol. The van der Waals surface area contributed by atoms with Crippen LogP contribution in [-0.4, -0.2) is 11.2 Å². The van der Waals surface area contributed by atoms with Crippen molar-refractivity contribution in [3.63, 3.8) is 0 Å². The van der Waals surface area contributed by atoms with Crippen LogP contribution in [-0.2, 0) is 0 Å². The maximum atomic E-state index is 9.61. The van der Waals surface area contributed by atoms with Gasteiger partial charge < -0.3 is 5.11 Å². The molecule has 1 nitrogen and oxygen atoms in total. The number of hydrogen-bond donors (Lipinski definition) is 1. The molecule has 1 rings (SSSR count). The average Bonchev–Trinajstić information content (AvgIpc) is 2.03. The monoisotopic (exact) mass is 168 g/mol. The summed E-state index contributed by atoms with van der Waals surface area (Å²) in [6.07, 6.45) is 7.72. The summed E-state index contributed by atoms with van der Waals surface area (Å²) in [6, 6.07) is 0. The molecule has 0 aromatic carbocycles. The Kier molecular flexibility index (Phi) is 3.80. The Morgan fingerprint density at radius 1 is 1.58 bits per heavy atom. The quantitative estimate of drug-likeness (QED) is 0.642. The lowest BCUT2D eigenvalue weighted by Crippen LogP contribution is -2.14. The molecule has 0 aliphatic heterocycles. The summed E-state index contributed by atoms with van der Waals surface area (Å²) in [5, 5.41) is 9.61. The number of aliphatic hydroxyl groups excluding tert-OH is 1. The first-order chi connectivity index (χ1) is 5.70. The predicted molar refractivity (Wildman–Crippen MR) is 52.0 cm³/mol. The van der Waals surface area contributed by atoms with Gasteiger partial charge in [0, 0.05) is 0 Å². The molecule has 0 saturated heterocycles. The Bertz CT molecular complexity index is 158. The lowest BCUT2D eigenvalue weighted by Gasteiger charge is -2.19. The molecule has 70 valence electrons. The van der Waals surface area contributed by atoms with Crippen LogP contribution in [0.2, 0.25) is 0 Å². The maximum Gasteiger partial charge on any atom is 0.0750 e. The summed E-state index contributed by atoms with van der Waals surface area (Å²) in [5.41, 5.74) is 1.29. The molecule has 12 heavy (non-hydrogen) atoms. The van der Waals surface area contributed by atoms with E-state index in [1.54, 1.807) is 0 Å². The molecule has 1 unspecified atom stereocenters. The van der Waals surface area contributed by atoms with Crippen molar-refractivity contribution in [3.8, 4) is 0 Å². The molecule has 0 saturated carbocycles. The third-order valence-electron chi connectivity index (χ3n) is 2.53. The summed E-state index contributed by atoms with van der Waals surface area (Å²) in [6.45, 7) is 4.46. The highest BCUT2D eigenvalue weighted by atomic mass is 16.3. The van der Waals surface area contributed by atoms with Gasteiger partial charge in [0.1, 0.15) is 0 Å². The van der Waals surface area contributed by atoms with E-state index in [2.05, 4.69) is 19.9 Å². The fourth-order valence-corrected chi connectivity index (χ4v) is 1.64. The van der Waals surface area contributed by atoms with Crippen LogP contribution in [0.5, 0.6) is 0 Å². The number of rotatable bonds is 3. The SMILES string of the molecule is CC(C)CCC1=CCCCC1O. The molecule has 0 bridgehead atoms. The second-order valence-electron chi connectivity index (χ2n) is 4.16. The second-order valence-corrected chi connectivity index (χ2v) is 4.16. The number of aliphatic hydroxyl groups is 1. The zero-order valence-electron chi connectivity index (χ0n) is 8.21.